The highest BCUT2D eigenvalue weighted by Gasteiger charge is 2.31. The molecule has 2 heterocycles. The lowest BCUT2D eigenvalue weighted by atomic mass is 10.2. The summed E-state index contributed by atoms with van der Waals surface area (Å²) in [5.41, 5.74) is 2.72. The first-order chi connectivity index (χ1) is 13.6. The van der Waals surface area contributed by atoms with E-state index in [0.717, 1.165) is 24.3 Å². The second-order valence-electron chi connectivity index (χ2n) is 6.79. The fourth-order valence-corrected chi connectivity index (χ4v) is 3.67. The van der Waals surface area contributed by atoms with Crippen molar-refractivity contribution in [1.82, 2.24) is 0 Å². The third-order valence-electron chi connectivity index (χ3n) is 5.13. The second kappa shape index (κ2) is 7.34. The van der Waals surface area contributed by atoms with Crippen LogP contribution in [0.4, 0.5) is 21.9 Å². The van der Waals surface area contributed by atoms with Crippen LogP contribution in [0.1, 0.15) is 23.2 Å². The highest BCUT2D eigenvalue weighted by Crippen LogP contribution is 2.29. The standard InChI is InChI=1S/C21H21N3O4/c1-28-20(26)15-4-2-5-18(14-15)24-13-12-23(21(24)27)17-9-7-16(8-10-17)22-11-3-6-19(22)25/h2,4-5,7-10,14H,3,6,11-13H2,1H3. The number of benzene rings is 2. The van der Waals surface area contributed by atoms with Gasteiger partial charge >= 0.3 is 12.0 Å². The minimum Gasteiger partial charge on any atom is -0.465 e. The van der Waals surface area contributed by atoms with Gasteiger partial charge in [0.1, 0.15) is 0 Å². The van der Waals surface area contributed by atoms with Crippen LogP contribution < -0.4 is 14.7 Å². The van der Waals surface area contributed by atoms with Gasteiger partial charge in [-0.05, 0) is 48.9 Å². The van der Waals surface area contributed by atoms with Crippen molar-refractivity contribution in [2.45, 2.75) is 12.8 Å². The van der Waals surface area contributed by atoms with Crippen molar-refractivity contribution in [3.63, 3.8) is 0 Å². The van der Waals surface area contributed by atoms with Crippen molar-refractivity contribution >= 4 is 35.0 Å². The molecule has 144 valence electrons. The number of hydrogen-bond acceptors (Lipinski definition) is 4. The lowest BCUT2D eigenvalue weighted by Gasteiger charge is -2.21. The number of nitrogens with zero attached hydrogens (tertiary/aromatic N) is 3. The lowest BCUT2D eigenvalue weighted by Crippen LogP contribution is -2.31. The quantitative estimate of drug-likeness (QED) is 0.766. The molecule has 0 N–H and O–H groups in total. The first-order valence-corrected chi connectivity index (χ1v) is 9.26. The molecule has 7 nitrogen and oxygen atoms in total. The van der Waals surface area contributed by atoms with Crippen molar-refractivity contribution in [2.24, 2.45) is 0 Å². The molecule has 2 fully saturated rings. The van der Waals surface area contributed by atoms with Crippen LogP contribution in [-0.2, 0) is 9.53 Å². The number of amides is 3. The number of carbonyl (C=O) groups is 3. The van der Waals surface area contributed by atoms with Gasteiger partial charge in [-0.3, -0.25) is 14.6 Å². The van der Waals surface area contributed by atoms with Crippen LogP contribution in [0.15, 0.2) is 48.5 Å². The van der Waals surface area contributed by atoms with E-state index in [1.165, 1.54) is 7.11 Å². The minimum atomic E-state index is -0.433. The monoisotopic (exact) mass is 379 g/mol. The van der Waals surface area contributed by atoms with E-state index in [-0.39, 0.29) is 11.9 Å². The normalized spacial score (nSPS) is 16.8. The number of rotatable bonds is 4. The van der Waals surface area contributed by atoms with E-state index >= 15 is 0 Å². The fraction of sp³-hybridized carbons (Fsp3) is 0.286. The molecule has 7 heteroatoms. The number of hydrogen-bond donors (Lipinski definition) is 0. The van der Waals surface area contributed by atoms with Gasteiger partial charge in [-0.1, -0.05) is 6.07 Å². The number of carbonyl (C=O) groups excluding carboxylic acids is 3. The molecule has 2 saturated heterocycles. The molecule has 0 spiro atoms. The summed E-state index contributed by atoms with van der Waals surface area (Å²) >= 11 is 0. The molecule has 2 aromatic carbocycles. The number of methoxy groups -OCH3 is 1. The Labute approximate surface area is 163 Å². The van der Waals surface area contributed by atoms with Crippen LogP contribution in [0.3, 0.4) is 0 Å². The van der Waals surface area contributed by atoms with Crippen LogP contribution in [-0.4, -0.2) is 44.7 Å². The topological polar surface area (TPSA) is 70.2 Å². The fourth-order valence-electron chi connectivity index (χ4n) is 3.67. The Hall–Kier alpha value is -3.35. The summed E-state index contributed by atoms with van der Waals surface area (Å²) in [4.78, 5) is 41.7. The Morgan fingerprint density at radius 1 is 0.857 bits per heavy atom. The van der Waals surface area contributed by atoms with Crippen molar-refractivity contribution in [2.75, 3.05) is 41.4 Å². The summed E-state index contributed by atoms with van der Waals surface area (Å²) in [5, 5.41) is 0. The van der Waals surface area contributed by atoms with Crippen molar-refractivity contribution in [3.8, 4) is 0 Å². The molecule has 0 unspecified atom stereocenters. The van der Waals surface area contributed by atoms with Gasteiger partial charge in [-0.2, -0.15) is 0 Å². The van der Waals surface area contributed by atoms with Gasteiger partial charge in [0, 0.05) is 43.1 Å². The van der Waals surface area contributed by atoms with Crippen LogP contribution in [0.2, 0.25) is 0 Å². The average Bonchev–Trinajstić information content (AvgIpc) is 3.33. The van der Waals surface area contributed by atoms with Crippen molar-refractivity contribution < 1.29 is 19.1 Å². The minimum absolute atomic E-state index is 0.140. The summed E-state index contributed by atoms with van der Waals surface area (Å²) in [6, 6.07) is 14.2. The van der Waals surface area contributed by atoms with Crippen molar-refractivity contribution in [1.29, 1.82) is 0 Å². The predicted molar refractivity (Wildman–Crippen MR) is 106 cm³/mol. The van der Waals surface area contributed by atoms with E-state index in [0.29, 0.717) is 30.8 Å². The smallest absolute Gasteiger partial charge is 0.337 e. The number of ether oxygens (including phenoxy) is 1. The number of urea groups is 1. The first-order valence-electron chi connectivity index (χ1n) is 9.26. The molecular weight excluding hydrogens is 358 g/mol. The molecule has 28 heavy (non-hydrogen) atoms. The highest BCUT2D eigenvalue weighted by molar-refractivity contribution is 6.07. The molecule has 2 aliphatic heterocycles. The SMILES string of the molecule is COC(=O)c1cccc(N2CCN(c3ccc(N4CCCC4=O)cc3)C2=O)c1. The molecule has 4 rings (SSSR count). The maximum Gasteiger partial charge on any atom is 0.337 e. The zero-order valence-electron chi connectivity index (χ0n) is 15.6. The average molecular weight is 379 g/mol. The van der Waals surface area contributed by atoms with E-state index in [4.69, 9.17) is 4.74 Å². The van der Waals surface area contributed by atoms with Crippen LogP contribution in [0.5, 0.6) is 0 Å². The zero-order valence-corrected chi connectivity index (χ0v) is 15.6. The van der Waals surface area contributed by atoms with E-state index in [1.54, 1.807) is 39.0 Å². The van der Waals surface area contributed by atoms with Gasteiger partial charge in [-0.15, -0.1) is 0 Å². The molecule has 0 aromatic heterocycles. The summed E-state index contributed by atoms with van der Waals surface area (Å²) in [7, 11) is 1.33. The Morgan fingerprint density at radius 3 is 2.11 bits per heavy atom. The Bertz CT molecular complexity index is 926. The van der Waals surface area contributed by atoms with E-state index < -0.39 is 5.97 Å². The Morgan fingerprint density at radius 2 is 1.50 bits per heavy atom. The molecule has 0 radical (unpaired) electrons. The van der Waals surface area contributed by atoms with Gasteiger partial charge in [0.2, 0.25) is 5.91 Å². The predicted octanol–water partition coefficient (Wildman–Crippen LogP) is 3.05. The van der Waals surface area contributed by atoms with E-state index in [2.05, 4.69) is 0 Å². The molecule has 3 amide bonds. The zero-order chi connectivity index (χ0) is 19.7. The summed E-state index contributed by atoms with van der Waals surface area (Å²) in [6.45, 7) is 1.81. The highest BCUT2D eigenvalue weighted by atomic mass is 16.5. The van der Waals surface area contributed by atoms with Crippen LogP contribution in [0, 0.1) is 0 Å². The van der Waals surface area contributed by atoms with Gasteiger partial charge in [0.15, 0.2) is 0 Å². The third kappa shape index (κ3) is 3.19. The molecule has 0 aliphatic carbocycles. The van der Waals surface area contributed by atoms with Gasteiger partial charge < -0.3 is 9.64 Å². The molecule has 2 aromatic rings. The molecule has 0 saturated carbocycles. The first kappa shape index (κ1) is 18.0. The maximum atomic E-state index is 12.9. The molecule has 2 aliphatic rings. The van der Waals surface area contributed by atoms with E-state index in [9.17, 15) is 14.4 Å². The van der Waals surface area contributed by atoms with Crippen LogP contribution in [0.25, 0.3) is 0 Å². The van der Waals surface area contributed by atoms with Gasteiger partial charge in [-0.25, -0.2) is 9.59 Å². The van der Waals surface area contributed by atoms with Crippen molar-refractivity contribution in [3.05, 3.63) is 54.1 Å². The Balaban J connectivity index is 1.51. The van der Waals surface area contributed by atoms with Gasteiger partial charge in [0.25, 0.3) is 0 Å². The summed E-state index contributed by atoms with van der Waals surface area (Å²) < 4.78 is 4.75. The lowest BCUT2D eigenvalue weighted by molar-refractivity contribution is -0.117. The molecule has 0 atom stereocenters. The summed E-state index contributed by atoms with van der Waals surface area (Å²) in [6.07, 6.45) is 1.47. The third-order valence-corrected chi connectivity index (χ3v) is 5.13. The largest absolute Gasteiger partial charge is 0.465 e. The van der Waals surface area contributed by atoms with Gasteiger partial charge in [0.05, 0.1) is 12.7 Å². The maximum absolute atomic E-state index is 12.9. The Kier molecular flexibility index (Phi) is 4.73. The molecule has 0 bridgehead atoms. The number of anilines is 3. The van der Waals surface area contributed by atoms with E-state index in [1.807, 2.05) is 24.3 Å². The summed E-state index contributed by atoms with van der Waals surface area (Å²) in [5.74, 6) is -0.293. The van der Waals surface area contributed by atoms with Crippen LogP contribution >= 0.6 is 0 Å². The number of esters is 1. The second-order valence-corrected chi connectivity index (χ2v) is 6.79. The molecular formula is C21H21N3O4.